The lowest BCUT2D eigenvalue weighted by atomic mass is 9.73. The van der Waals surface area contributed by atoms with Crippen LogP contribution in [0.1, 0.15) is 51.9 Å². The van der Waals surface area contributed by atoms with Gasteiger partial charge in [0, 0.05) is 13.2 Å². The highest BCUT2D eigenvalue weighted by molar-refractivity contribution is 4.98. The van der Waals surface area contributed by atoms with Crippen LogP contribution in [-0.4, -0.2) is 36.5 Å². The molecule has 2 N–H and O–H groups in total. The molecular weight excluding hydrogens is 214 g/mol. The maximum atomic E-state index is 10.8. The van der Waals surface area contributed by atoms with Gasteiger partial charge in [-0.1, -0.05) is 13.3 Å². The Balaban J connectivity index is 1.92. The van der Waals surface area contributed by atoms with Crippen LogP contribution in [0.2, 0.25) is 0 Å². The molecule has 0 aromatic carbocycles. The van der Waals surface area contributed by atoms with E-state index in [1.54, 1.807) is 7.11 Å². The fourth-order valence-electron chi connectivity index (χ4n) is 3.45. The molecule has 100 valence electrons. The summed E-state index contributed by atoms with van der Waals surface area (Å²) in [6.45, 7) is 3.33. The molecule has 0 spiro atoms. The minimum atomic E-state index is -0.483. The van der Waals surface area contributed by atoms with Gasteiger partial charge in [0.05, 0.1) is 11.7 Å². The summed E-state index contributed by atoms with van der Waals surface area (Å²) in [6.07, 6.45) is 7.80. The molecule has 17 heavy (non-hydrogen) atoms. The van der Waals surface area contributed by atoms with E-state index in [-0.39, 0.29) is 0 Å². The van der Waals surface area contributed by atoms with E-state index in [2.05, 4.69) is 12.2 Å². The SMILES string of the molecule is CCC1CCNC(C2(O)CCC(OC)CC2)C1. The zero-order valence-electron chi connectivity index (χ0n) is 11.2. The van der Waals surface area contributed by atoms with Crippen molar-refractivity contribution in [3.8, 4) is 0 Å². The van der Waals surface area contributed by atoms with Crippen molar-refractivity contribution >= 4 is 0 Å². The topological polar surface area (TPSA) is 41.5 Å². The molecule has 2 atom stereocenters. The second kappa shape index (κ2) is 5.68. The van der Waals surface area contributed by atoms with Crippen molar-refractivity contribution in [3.05, 3.63) is 0 Å². The van der Waals surface area contributed by atoms with E-state index in [9.17, 15) is 5.11 Å². The molecule has 0 aromatic rings. The largest absolute Gasteiger partial charge is 0.388 e. The maximum Gasteiger partial charge on any atom is 0.0802 e. The first kappa shape index (κ1) is 13.3. The second-order valence-electron chi connectivity index (χ2n) is 5.84. The molecule has 2 unspecified atom stereocenters. The van der Waals surface area contributed by atoms with Crippen molar-refractivity contribution in [2.24, 2.45) is 5.92 Å². The molecule has 0 aromatic heterocycles. The Morgan fingerprint density at radius 2 is 2.00 bits per heavy atom. The van der Waals surface area contributed by atoms with Gasteiger partial charge in [0.15, 0.2) is 0 Å². The maximum absolute atomic E-state index is 10.8. The molecule has 1 saturated heterocycles. The summed E-state index contributed by atoms with van der Waals surface area (Å²) in [5.41, 5.74) is -0.483. The number of ether oxygens (including phenoxy) is 1. The highest BCUT2D eigenvalue weighted by Gasteiger charge is 2.41. The smallest absolute Gasteiger partial charge is 0.0802 e. The Hall–Kier alpha value is -0.120. The first-order valence-electron chi connectivity index (χ1n) is 7.16. The second-order valence-corrected chi connectivity index (χ2v) is 5.84. The van der Waals surface area contributed by atoms with Crippen LogP contribution in [0.25, 0.3) is 0 Å². The van der Waals surface area contributed by atoms with Crippen LogP contribution in [0.4, 0.5) is 0 Å². The number of methoxy groups -OCH3 is 1. The van der Waals surface area contributed by atoms with Gasteiger partial charge in [0.2, 0.25) is 0 Å². The number of piperidine rings is 1. The number of hydrogen-bond donors (Lipinski definition) is 2. The lowest BCUT2D eigenvalue weighted by Gasteiger charge is -2.45. The van der Waals surface area contributed by atoms with Crippen LogP contribution in [0, 0.1) is 5.92 Å². The van der Waals surface area contributed by atoms with E-state index in [1.165, 1.54) is 12.8 Å². The van der Waals surface area contributed by atoms with Gasteiger partial charge in [-0.2, -0.15) is 0 Å². The van der Waals surface area contributed by atoms with Crippen molar-refractivity contribution < 1.29 is 9.84 Å². The molecule has 1 saturated carbocycles. The summed E-state index contributed by atoms with van der Waals surface area (Å²) in [6, 6.07) is 0.305. The first-order chi connectivity index (χ1) is 8.18. The Labute approximate surface area is 105 Å². The molecule has 2 rings (SSSR count). The number of nitrogens with one attached hydrogen (secondary N) is 1. The molecule has 1 aliphatic carbocycles. The highest BCUT2D eigenvalue weighted by Crippen LogP contribution is 2.36. The Morgan fingerprint density at radius 3 is 2.59 bits per heavy atom. The normalized spacial score (nSPS) is 43.6. The van der Waals surface area contributed by atoms with Gasteiger partial charge in [0.1, 0.15) is 0 Å². The Kier molecular flexibility index (Phi) is 4.45. The van der Waals surface area contributed by atoms with Gasteiger partial charge >= 0.3 is 0 Å². The number of rotatable bonds is 3. The third-order valence-corrected chi connectivity index (χ3v) is 4.87. The van der Waals surface area contributed by atoms with E-state index >= 15 is 0 Å². The first-order valence-corrected chi connectivity index (χ1v) is 7.16. The molecule has 2 fully saturated rings. The summed E-state index contributed by atoms with van der Waals surface area (Å²) >= 11 is 0. The third kappa shape index (κ3) is 3.01. The van der Waals surface area contributed by atoms with Crippen LogP contribution in [0.15, 0.2) is 0 Å². The standard InChI is InChI=1S/C14H27NO2/c1-3-11-6-9-15-13(10-11)14(16)7-4-12(17-2)5-8-14/h11-13,15-16H,3-10H2,1-2H3. The van der Waals surface area contributed by atoms with Gasteiger partial charge in [0.25, 0.3) is 0 Å². The number of aliphatic hydroxyl groups is 1. The fraction of sp³-hybridized carbons (Fsp3) is 1.00. The van der Waals surface area contributed by atoms with Crippen LogP contribution in [0.3, 0.4) is 0 Å². The van der Waals surface area contributed by atoms with Gasteiger partial charge in [-0.25, -0.2) is 0 Å². The molecule has 0 amide bonds. The lowest BCUT2D eigenvalue weighted by Crippen LogP contribution is -2.56. The Bertz CT molecular complexity index is 236. The van der Waals surface area contributed by atoms with Crippen LogP contribution in [0.5, 0.6) is 0 Å². The zero-order valence-corrected chi connectivity index (χ0v) is 11.2. The summed E-state index contributed by atoms with van der Waals surface area (Å²) in [5.74, 6) is 0.797. The Morgan fingerprint density at radius 1 is 1.29 bits per heavy atom. The highest BCUT2D eigenvalue weighted by atomic mass is 16.5. The van der Waals surface area contributed by atoms with Crippen molar-refractivity contribution in [2.75, 3.05) is 13.7 Å². The van der Waals surface area contributed by atoms with Crippen LogP contribution < -0.4 is 5.32 Å². The summed E-state index contributed by atoms with van der Waals surface area (Å²) in [7, 11) is 1.78. The van der Waals surface area contributed by atoms with E-state index in [1.807, 2.05) is 0 Å². The molecule has 1 heterocycles. The van der Waals surface area contributed by atoms with Crippen LogP contribution in [-0.2, 0) is 4.74 Å². The van der Waals surface area contributed by atoms with Gasteiger partial charge in [-0.3, -0.25) is 0 Å². The summed E-state index contributed by atoms with van der Waals surface area (Å²) in [4.78, 5) is 0. The van der Waals surface area contributed by atoms with Crippen molar-refractivity contribution in [2.45, 2.75) is 69.6 Å². The minimum absolute atomic E-state index is 0.305. The lowest BCUT2D eigenvalue weighted by molar-refractivity contribution is -0.0749. The van der Waals surface area contributed by atoms with Crippen molar-refractivity contribution in [1.29, 1.82) is 0 Å². The molecule has 0 bridgehead atoms. The average molecular weight is 241 g/mol. The molecular formula is C14H27NO2. The predicted molar refractivity (Wildman–Crippen MR) is 69.0 cm³/mol. The van der Waals surface area contributed by atoms with Gasteiger partial charge in [-0.15, -0.1) is 0 Å². The van der Waals surface area contributed by atoms with Gasteiger partial charge in [-0.05, 0) is 51.0 Å². The van der Waals surface area contributed by atoms with Crippen molar-refractivity contribution in [1.82, 2.24) is 5.32 Å². The fourth-order valence-corrected chi connectivity index (χ4v) is 3.45. The molecule has 1 aliphatic heterocycles. The van der Waals surface area contributed by atoms with E-state index in [4.69, 9.17) is 4.74 Å². The minimum Gasteiger partial charge on any atom is -0.388 e. The quantitative estimate of drug-likeness (QED) is 0.795. The monoisotopic (exact) mass is 241 g/mol. The summed E-state index contributed by atoms with van der Waals surface area (Å²) in [5, 5.41) is 14.3. The molecule has 3 nitrogen and oxygen atoms in total. The van der Waals surface area contributed by atoms with Gasteiger partial charge < -0.3 is 15.2 Å². The van der Waals surface area contributed by atoms with E-state index < -0.39 is 5.60 Å². The van der Waals surface area contributed by atoms with Crippen molar-refractivity contribution in [3.63, 3.8) is 0 Å². The average Bonchev–Trinajstić information content (AvgIpc) is 2.40. The third-order valence-electron chi connectivity index (χ3n) is 4.87. The zero-order chi connectivity index (χ0) is 12.3. The number of hydrogen-bond acceptors (Lipinski definition) is 3. The molecule has 3 heteroatoms. The van der Waals surface area contributed by atoms with E-state index in [0.717, 1.165) is 44.6 Å². The molecule has 0 radical (unpaired) electrons. The predicted octanol–water partition coefficient (Wildman–Crippen LogP) is 2.08. The van der Waals surface area contributed by atoms with Crippen LogP contribution >= 0.6 is 0 Å². The van der Waals surface area contributed by atoms with E-state index in [0.29, 0.717) is 12.1 Å². The molecule has 2 aliphatic rings. The summed E-state index contributed by atoms with van der Waals surface area (Å²) < 4.78 is 5.38.